The van der Waals surface area contributed by atoms with E-state index in [1.165, 1.54) is 0 Å². The lowest BCUT2D eigenvalue weighted by atomic mass is 10.1. The summed E-state index contributed by atoms with van der Waals surface area (Å²) < 4.78 is 0. The quantitative estimate of drug-likeness (QED) is 0.556. The van der Waals surface area contributed by atoms with E-state index in [0.29, 0.717) is 19.0 Å². The standard InChI is InChI=1S/C7H12N2O/c1-5(2)6-3-9-7(10)4-8-6/h5H,3-4H2,1-2H3,(H,9,10). The molecule has 0 fully saturated rings. The monoisotopic (exact) mass is 140 g/mol. The highest BCUT2D eigenvalue weighted by atomic mass is 16.1. The van der Waals surface area contributed by atoms with Crippen LogP contribution in [0.1, 0.15) is 13.8 Å². The van der Waals surface area contributed by atoms with Crippen LogP contribution in [0.4, 0.5) is 0 Å². The minimum atomic E-state index is 0.0319. The molecular weight excluding hydrogens is 128 g/mol. The fourth-order valence-electron chi connectivity index (χ4n) is 0.861. The van der Waals surface area contributed by atoms with Gasteiger partial charge in [-0.1, -0.05) is 13.8 Å². The zero-order valence-electron chi connectivity index (χ0n) is 6.35. The molecule has 0 radical (unpaired) electrons. The van der Waals surface area contributed by atoms with Gasteiger partial charge in [-0.3, -0.25) is 9.79 Å². The molecule has 3 nitrogen and oxygen atoms in total. The fraction of sp³-hybridized carbons (Fsp3) is 0.714. The van der Waals surface area contributed by atoms with Crippen LogP contribution in [0.3, 0.4) is 0 Å². The van der Waals surface area contributed by atoms with Crippen molar-refractivity contribution in [3.8, 4) is 0 Å². The Kier molecular flexibility index (Phi) is 2.04. The van der Waals surface area contributed by atoms with Crippen LogP contribution in [0.25, 0.3) is 0 Å². The van der Waals surface area contributed by atoms with E-state index in [-0.39, 0.29) is 5.91 Å². The van der Waals surface area contributed by atoms with Gasteiger partial charge in [0.1, 0.15) is 6.54 Å². The number of hydrogen-bond acceptors (Lipinski definition) is 2. The van der Waals surface area contributed by atoms with Crippen LogP contribution in [-0.4, -0.2) is 24.7 Å². The van der Waals surface area contributed by atoms with E-state index >= 15 is 0 Å². The van der Waals surface area contributed by atoms with Crippen LogP contribution in [-0.2, 0) is 4.79 Å². The molecule has 0 atom stereocenters. The number of carbonyl (C=O) groups is 1. The van der Waals surface area contributed by atoms with Crippen LogP contribution in [0.5, 0.6) is 0 Å². The summed E-state index contributed by atoms with van der Waals surface area (Å²) in [6.45, 7) is 5.11. The molecule has 1 aliphatic rings. The van der Waals surface area contributed by atoms with Crippen molar-refractivity contribution in [3.05, 3.63) is 0 Å². The summed E-state index contributed by atoms with van der Waals surface area (Å²) in [7, 11) is 0. The average molecular weight is 140 g/mol. The van der Waals surface area contributed by atoms with Crippen molar-refractivity contribution in [2.24, 2.45) is 10.9 Å². The highest BCUT2D eigenvalue weighted by Crippen LogP contribution is 1.98. The summed E-state index contributed by atoms with van der Waals surface area (Å²) in [5.41, 5.74) is 1.10. The van der Waals surface area contributed by atoms with Gasteiger partial charge in [-0.2, -0.15) is 0 Å². The van der Waals surface area contributed by atoms with Crippen molar-refractivity contribution < 1.29 is 4.79 Å². The minimum absolute atomic E-state index is 0.0319. The van der Waals surface area contributed by atoms with E-state index in [2.05, 4.69) is 24.2 Å². The number of amides is 1. The molecule has 1 heterocycles. The van der Waals surface area contributed by atoms with Gasteiger partial charge < -0.3 is 5.32 Å². The fourth-order valence-corrected chi connectivity index (χ4v) is 0.861. The molecule has 1 aliphatic heterocycles. The molecular formula is C7H12N2O. The highest BCUT2D eigenvalue weighted by Gasteiger charge is 2.12. The van der Waals surface area contributed by atoms with E-state index in [0.717, 1.165) is 5.71 Å². The van der Waals surface area contributed by atoms with Gasteiger partial charge in [-0.05, 0) is 5.92 Å². The van der Waals surface area contributed by atoms with Gasteiger partial charge in [0.2, 0.25) is 5.91 Å². The van der Waals surface area contributed by atoms with Crippen molar-refractivity contribution >= 4 is 11.6 Å². The number of carbonyl (C=O) groups excluding carboxylic acids is 1. The first-order valence-corrected chi connectivity index (χ1v) is 3.50. The molecule has 0 saturated carbocycles. The maximum Gasteiger partial charge on any atom is 0.241 e. The zero-order valence-corrected chi connectivity index (χ0v) is 6.35. The number of aliphatic imine (C=N–C) groups is 1. The molecule has 0 bridgehead atoms. The smallest absolute Gasteiger partial charge is 0.241 e. The number of nitrogens with zero attached hydrogens (tertiary/aromatic N) is 1. The molecule has 0 unspecified atom stereocenters. The van der Waals surface area contributed by atoms with Gasteiger partial charge in [0.25, 0.3) is 0 Å². The number of nitrogens with one attached hydrogen (secondary N) is 1. The Morgan fingerprint density at radius 3 is 2.70 bits per heavy atom. The Morgan fingerprint density at radius 2 is 2.30 bits per heavy atom. The zero-order chi connectivity index (χ0) is 7.56. The lowest BCUT2D eigenvalue weighted by Gasteiger charge is -2.15. The molecule has 0 aromatic carbocycles. The van der Waals surface area contributed by atoms with Crippen LogP contribution in [0.2, 0.25) is 0 Å². The Balaban J connectivity index is 2.56. The molecule has 0 saturated heterocycles. The second kappa shape index (κ2) is 2.82. The van der Waals surface area contributed by atoms with Gasteiger partial charge in [0.15, 0.2) is 0 Å². The summed E-state index contributed by atoms with van der Waals surface area (Å²) in [6, 6.07) is 0. The van der Waals surface area contributed by atoms with E-state index in [4.69, 9.17) is 0 Å². The Labute approximate surface area is 60.5 Å². The summed E-state index contributed by atoms with van der Waals surface area (Å²) in [6.07, 6.45) is 0. The minimum Gasteiger partial charge on any atom is -0.349 e. The Bertz CT molecular complexity index is 172. The third-order valence-corrected chi connectivity index (χ3v) is 1.56. The predicted molar refractivity (Wildman–Crippen MR) is 40.1 cm³/mol. The SMILES string of the molecule is CC(C)C1=NCC(=O)NC1. The molecule has 1 rings (SSSR count). The van der Waals surface area contributed by atoms with E-state index in [1.807, 2.05) is 0 Å². The second-order valence-corrected chi connectivity index (χ2v) is 2.74. The van der Waals surface area contributed by atoms with Crippen molar-refractivity contribution in [1.29, 1.82) is 0 Å². The lowest BCUT2D eigenvalue weighted by Crippen LogP contribution is -2.38. The third-order valence-electron chi connectivity index (χ3n) is 1.56. The summed E-state index contributed by atoms with van der Waals surface area (Å²) in [4.78, 5) is 14.7. The Morgan fingerprint density at radius 1 is 1.60 bits per heavy atom. The lowest BCUT2D eigenvalue weighted by molar-refractivity contribution is -0.119. The first kappa shape index (κ1) is 7.25. The van der Waals surface area contributed by atoms with Gasteiger partial charge in [-0.15, -0.1) is 0 Å². The highest BCUT2D eigenvalue weighted by molar-refractivity contribution is 5.96. The maximum atomic E-state index is 10.6. The second-order valence-electron chi connectivity index (χ2n) is 2.74. The Hall–Kier alpha value is -0.860. The van der Waals surface area contributed by atoms with Gasteiger partial charge in [-0.25, -0.2) is 0 Å². The first-order valence-electron chi connectivity index (χ1n) is 3.50. The van der Waals surface area contributed by atoms with Crippen LogP contribution < -0.4 is 5.32 Å². The van der Waals surface area contributed by atoms with Gasteiger partial charge in [0, 0.05) is 5.71 Å². The van der Waals surface area contributed by atoms with E-state index < -0.39 is 0 Å². The van der Waals surface area contributed by atoms with Crippen molar-refractivity contribution in [2.75, 3.05) is 13.1 Å². The molecule has 0 aromatic heterocycles. The van der Waals surface area contributed by atoms with Crippen LogP contribution in [0.15, 0.2) is 4.99 Å². The summed E-state index contributed by atoms with van der Waals surface area (Å²) in [5, 5.41) is 2.74. The van der Waals surface area contributed by atoms with Crippen LogP contribution >= 0.6 is 0 Å². The van der Waals surface area contributed by atoms with Gasteiger partial charge in [0.05, 0.1) is 6.54 Å². The van der Waals surface area contributed by atoms with Crippen molar-refractivity contribution in [2.45, 2.75) is 13.8 Å². The van der Waals surface area contributed by atoms with Crippen molar-refractivity contribution in [3.63, 3.8) is 0 Å². The molecule has 56 valence electrons. The maximum absolute atomic E-state index is 10.6. The molecule has 0 aromatic rings. The molecule has 1 N–H and O–H groups in total. The predicted octanol–water partition coefficient (Wildman–Crippen LogP) is 0.213. The largest absolute Gasteiger partial charge is 0.349 e. The topological polar surface area (TPSA) is 41.5 Å². The first-order chi connectivity index (χ1) is 4.70. The molecule has 1 amide bonds. The summed E-state index contributed by atoms with van der Waals surface area (Å²) in [5.74, 6) is 0.491. The molecule has 3 heteroatoms. The molecule has 0 aliphatic carbocycles. The van der Waals surface area contributed by atoms with E-state index in [1.54, 1.807) is 0 Å². The third kappa shape index (κ3) is 1.56. The summed E-state index contributed by atoms with van der Waals surface area (Å²) >= 11 is 0. The molecule has 10 heavy (non-hydrogen) atoms. The van der Waals surface area contributed by atoms with Gasteiger partial charge >= 0.3 is 0 Å². The van der Waals surface area contributed by atoms with E-state index in [9.17, 15) is 4.79 Å². The number of rotatable bonds is 1. The number of hydrogen-bond donors (Lipinski definition) is 1. The van der Waals surface area contributed by atoms with Crippen molar-refractivity contribution in [1.82, 2.24) is 5.32 Å². The van der Waals surface area contributed by atoms with Crippen LogP contribution in [0, 0.1) is 5.92 Å². The molecule has 0 spiro atoms. The normalized spacial score (nSPS) is 18.7. The average Bonchev–Trinajstić information content (AvgIpc) is 1.88.